The van der Waals surface area contributed by atoms with E-state index < -0.39 is 0 Å². The predicted octanol–water partition coefficient (Wildman–Crippen LogP) is 3.78. The molecule has 0 spiro atoms. The zero-order chi connectivity index (χ0) is 16.1. The number of halogens is 3. The first-order chi connectivity index (χ1) is 11.2. The van der Waals surface area contributed by atoms with Crippen molar-refractivity contribution in [2.75, 3.05) is 13.1 Å². The molecule has 0 bridgehead atoms. The number of hydrogen-bond acceptors (Lipinski definition) is 3. The zero-order valence-electron chi connectivity index (χ0n) is 13.7. The fourth-order valence-corrected chi connectivity index (χ4v) is 3.10. The zero-order valence-corrected chi connectivity index (χ0v) is 16.0. The van der Waals surface area contributed by atoms with Crippen LogP contribution in [0.5, 0.6) is 0 Å². The molecule has 2 N–H and O–H groups in total. The van der Waals surface area contributed by atoms with Crippen molar-refractivity contribution in [2.24, 2.45) is 5.92 Å². The maximum Gasteiger partial charge on any atom is 0.225 e. The monoisotopic (exact) mass is 401 g/mol. The molecule has 1 aromatic heterocycles. The van der Waals surface area contributed by atoms with Crippen LogP contribution in [0.3, 0.4) is 0 Å². The molecular weight excluding hydrogens is 381 g/mol. The second-order valence-corrected chi connectivity index (χ2v) is 6.23. The first-order valence-corrected chi connectivity index (χ1v) is 8.29. The van der Waals surface area contributed by atoms with E-state index in [1.54, 1.807) is 6.20 Å². The highest BCUT2D eigenvalue weighted by Crippen LogP contribution is 2.24. The first kappa shape index (κ1) is 21.7. The summed E-state index contributed by atoms with van der Waals surface area (Å²) in [5, 5.41) is 7.08. The van der Waals surface area contributed by atoms with Gasteiger partial charge in [0.1, 0.15) is 0 Å². The van der Waals surface area contributed by atoms with Gasteiger partial charge >= 0.3 is 0 Å². The Morgan fingerprint density at radius 3 is 2.72 bits per heavy atom. The highest BCUT2D eigenvalue weighted by atomic mass is 35.5. The average Bonchev–Trinajstić information content (AvgIpc) is 2.61. The molecule has 1 aromatic carbocycles. The Labute approximate surface area is 165 Å². The second-order valence-electron chi connectivity index (χ2n) is 5.79. The van der Waals surface area contributed by atoms with Crippen LogP contribution in [0.25, 0.3) is 0 Å². The molecule has 136 valence electrons. The van der Waals surface area contributed by atoms with E-state index >= 15 is 0 Å². The Bertz CT molecular complexity index is 664. The summed E-state index contributed by atoms with van der Waals surface area (Å²) < 4.78 is 0. The van der Waals surface area contributed by atoms with Gasteiger partial charge < -0.3 is 10.6 Å². The summed E-state index contributed by atoms with van der Waals surface area (Å²) >= 11 is 6.12. The summed E-state index contributed by atoms with van der Waals surface area (Å²) in [6.45, 7) is 1.72. The van der Waals surface area contributed by atoms with Gasteiger partial charge in [-0.3, -0.25) is 9.78 Å². The van der Waals surface area contributed by atoms with E-state index in [2.05, 4.69) is 15.6 Å². The van der Waals surface area contributed by atoms with Gasteiger partial charge in [-0.1, -0.05) is 29.8 Å². The lowest BCUT2D eigenvalue weighted by Crippen LogP contribution is -2.42. The lowest BCUT2D eigenvalue weighted by atomic mass is 9.96. The van der Waals surface area contributed by atoms with Crippen LogP contribution in [-0.2, 0) is 4.79 Å². The Balaban J connectivity index is 0.00000156. The highest BCUT2D eigenvalue weighted by molar-refractivity contribution is 6.30. The van der Waals surface area contributed by atoms with Crippen LogP contribution in [0.2, 0.25) is 5.02 Å². The average molecular weight is 403 g/mol. The number of piperidine rings is 1. The summed E-state index contributed by atoms with van der Waals surface area (Å²) in [5.41, 5.74) is 1.75. The maximum absolute atomic E-state index is 12.6. The van der Waals surface area contributed by atoms with Crippen molar-refractivity contribution in [3.05, 3.63) is 64.9 Å². The van der Waals surface area contributed by atoms with Gasteiger partial charge in [0.2, 0.25) is 5.91 Å². The summed E-state index contributed by atoms with van der Waals surface area (Å²) in [6.07, 6.45) is 3.69. The number of nitrogens with zero attached hydrogens (tertiary/aromatic N) is 1. The molecule has 1 saturated heterocycles. The minimum atomic E-state index is -0.288. The van der Waals surface area contributed by atoms with E-state index in [4.69, 9.17) is 11.6 Å². The molecule has 7 heteroatoms. The summed E-state index contributed by atoms with van der Waals surface area (Å²) in [4.78, 5) is 17.0. The van der Waals surface area contributed by atoms with Crippen molar-refractivity contribution in [1.29, 1.82) is 0 Å². The molecule has 25 heavy (non-hydrogen) atoms. The lowest BCUT2D eigenvalue weighted by Gasteiger charge is -2.25. The van der Waals surface area contributed by atoms with Gasteiger partial charge in [0.05, 0.1) is 17.7 Å². The highest BCUT2D eigenvalue weighted by Gasteiger charge is 2.25. The molecule has 4 nitrogen and oxygen atoms in total. The van der Waals surface area contributed by atoms with Crippen LogP contribution in [0.1, 0.15) is 30.1 Å². The Morgan fingerprint density at radius 2 is 2.08 bits per heavy atom. The van der Waals surface area contributed by atoms with Crippen LogP contribution in [0.15, 0.2) is 48.7 Å². The molecule has 3 rings (SSSR count). The Morgan fingerprint density at radius 1 is 1.24 bits per heavy atom. The minimum absolute atomic E-state index is 0. The van der Waals surface area contributed by atoms with E-state index in [1.807, 2.05) is 42.5 Å². The SMILES string of the molecule is Cl.Cl.O=C(NC(c1cccc(Cl)c1)c1ccccn1)C1CCCNC1. The van der Waals surface area contributed by atoms with Gasteiger partial charge in [0.15, 0.2) is 0 Å². The molecule has 2 atom stereocenters. The van der Waals surface area contributed by atoms with E-state index in [-0.39, 0.29) is 42.7 Å². The number of carbonyl (C=O) groups excluding carboxylic acids is 1. The minimum Gasteiger partial charge on any atom is -0.343 e. The number of nitrogens with one attached hydrogen (secondary N) is 2. The molecule has 0 saturated carbocycles. The molecule has 1 aliphatic heterocycles. The number of pyridine rings is 1. The summed E-state index contributed by atoms with van der Waals surface area (Å²) in [5.74, 6) is 0.0713. The fourth-order valence-electron chi connectivity index (χ4n) is 2.90. The quantitative estimate of drug-likeness (QED) is 0.818. The van der Waals surface area contributed by atoms with Crippen LogP contribution in [-0.4, -0.2) is 24.0 Å². The molecule has 2 unspecified atom stereocenters. The predicted molar refractivity (Wildman–Crippen MR) is 106 cm³/mol. The topological polar surface area (TPSA) is 54.0 Å². The fraction of sp³-hybridized carbons (Fsp3) is 0.333. The van der Waals surface area contributed by atoms with Gasteiger partial charge in [-0.25, -0.2) is 0 Å². The van der Waals surface area contributed by atoms with E-state index in [0.717, 1.165) is 37.2 Å². The van der Waals surface area contributed by atoms with Crippen LogP contribution in [0, 0.1) is 5.92 Å². The summed E-state index contributed by atoms with van der Waals surface area (Å²) in [7, 11) is 0. The van der Waals surface area contributed by atoms with Gasteiger partial charge in [0, 0.05) is 17.8 Å². The molecule has 1 fully saturated rings. The van der Waals surface area contributed by atoms with Crippen molar-refractivity contribution < 1.29 is 4.79 Å². The maximum atomic E-state index is 12.6. The lowest BCUT2D eigenvalue weighted by molar-refractivity contribution is -0.126. The van der Waals surface area contributed by atoms with Crippen LogP contribution >= 0.6 is 36.4 Å². The van der Waals surface area contributed by atoms with Crippen molar-refractivity contribution in [3.63, 3.8) is 0 Å². The third-order valence-electron chi connectivity index (χ3n) is 4.12. The number of carbonyl (C=O) groups is 1. The van der Waals surface area contributed by atoms with Crippen molar-refractivity contribution in [3.8, 4) is 0 Å². The molecule has 1 amide bonds. The number of aromatic nitrogens is 1. The van der Waals surface area contributed by atoms with E-state index in [0.29, 0.717) is 5.02 Å². The van der Waals surface area contributed by atoms with E-state index in [1.165, 1.54) is 0 Å². The first-order valence-electron chi connectivity index (χ1n) is 7.91. The van der Waals surface area contributed by atoms with Crippen LogP contribution < -0.4 is 10.6 Å². The van der Waals surface area contributed by atoms with Crippen molar-refractivity contribution in [1.82, 2.24) is 15.6 Å². The number of hydrogen-bond donors (Lipinski definition) is 2. The number of amides is 1. The third-order valence-corrected chi connectivity index (χ3v) is 4.35. The number of benzene rings is 1. The largest absolute Gasteiger partial charge is 0.343 e. The van der Waals surface area contributed by atoms with Gasteiger partial charge in [0.25, 0.3) is 0 Å². The van der Waals surface area contributed by atoms with Gasteiger partial charge in [-0.05, 0) is 49.2 Å². The summed E-state index contributed by atoms with van der Waals surface area (Å²) in [6, 6.07) is 13.0. The Hall–Kier alpha value is -1.33. The third kappa shape index (κ3) is 5.86. The molecule has 2 heterocycles. The normalized spacial score (nSPS) is 17.6. The van der Waals surface area contributed by atoms with Crippen LogP contribution in [0.4, 0.5) is 0 Å². The van der Waals surface area contributed by atoms with Crippen molar-refractivity contribution >= 4 is 42.3 Å². The molecule has 2 aromatic rings. The van der Waals surface area contributed by atoms with E-state index in [9.17, 15) is 4.79 Å². The molecule has 0 radical (unpaired) electrons. The molecular formula is C18H22Cl3N3O. The smallest absolute Gasteiger partial charge is 0.225 e. The second kappa shape index (κ2) is 10.6. The standard InChI is InChI=1S/C18H20ClN3O.2ClH/c19-15-7-3-5-13(11-15)17(16-8-1-2-10-21-16)22-18(23)14-6-4-9-20-12-14;;/h1-3,5,7-8,10-11,14,17,20H,4,6,9,12H2,(H,22,23);2*1H. The Kier molecular flexibility index (Phi) is 9.22. The van der Waals surface area contributed by atoms with Crippen molar-refractivity contribution in [2.45, 2.75) is 18.9 Å². The number of rotatable bonds is 4. The molecule has 0 aliphatic carbocycles. The van der Waals surface area contributed by atoms with Gasteiger partial charge in [-0.2, -0.15) is 0 Å². The molecule has 1 aliphatic rings. The van der Waals surface area contributed by atoms with Gasteiger partial charge in [-0.15, -0.1) is 24.8 Å².